The summed E-state index contributed by atoms with van der Waals surface area (Å²) in [5.74, 6) is -0.460. The van der Waals surface area contributed by atoms with Gasteiger partial charge in [-0.3, -0.25) is 4.79 Å². The number of carbonyl (C=O) groups is 1. The van der Waals surface area contributed by atoms with Crippen molar-refractivity contribution in [1.29, 1.82) is 0 Å². The predicted octanol–water partition coefficient (Wildman–Crippen LogP) is 4.18. The van der Waals surface area contributed by atoms with Crippen molar-refractivity contribution >= 4 is 34.0 Å². The number of aromatic nitrogens is 3. The summed E-state index contributed by atoms with van der Waals surface area (Å²) in [7, 11) is 0. The quantitative estimate of drug-likeness (QED) is 0.602. The summed E-state index contributed by atoms with van der Waals surface area (Å²) in [6.07, 6.45) is 0. The van der Waals surface area contributed by atoms with Gasteiger partial charge in [-0.2, -0.15) is 4.80 Å². The van der Waals surface area contributed by atoms with Crippen LogP contribution < -0.4 is 5.32 Å². The van der Waals surface area contributed by atoms with Crippen LogP contribution in [0.4, 0.5) is 10.1 Å². The molecule has 0 unspecified atom stereocenters. The molecule has 0 aliphatic heterocycles. The maximum absolute atomic E-state index is 13.1. The minimum Gasteiger partial charge on any atom is -0.321 e. The minimum atomic E-state index is -0.310. The fraction of sp³-hybridized carbons (Fsp3) is 0.0556. The SMILES string of the molecule is Cc1cc2nn(-c3ccc(F)cc3)nc2cc1NC(=O)c1cccs1. The average Bonchev–Trinajstić information content (AvgIpc) is 3.25. The maximum Gasteiger partial charge on any atom is 0.265 e. The van der Waals surface area contributed by atoms with Crippen molar-refractivity contribution in [2.24, 2.45) is 0 Å². The molecule has 0 radical (unpaired) electrons. The smallest absolute Gasteiger partial charge is 0.265 e. The Balaban J connectivity index is 1.69. The van der Waals surface area contributed by atoms with Gasteiger partial charge in [-0.25, -0.2) is 4.39 Å². The van der Waals surface area contributed by atoms with Crippen molar-refractivity contribution in [3.8, 4) is 5.69 Å². The topological polar surface area (TPSA) is 59.8 Å². The number of fused-ring (bicyclic) bond motifs is 1. The van der Waals surface area contributed by atoms with E-state index in [9.17, 15) is 9.18 Å². The number of anilines is 1. The van der Waals surface area contributed by atoms with Crippen LogP contribution in [0.25, 0.3) is 16.7 Å². The molecular weight excluding hydrogens is 339 g/mol. The van der Waals surface area contributed by atoms with Crippen LogP contribution in [0.2, 0.25) is 0 Å². The highest BCUT2D eigenvalue weighted by atomic mass is 32.1. The second-order valence-electron chi connectivity index (χ2n) is 5.55. The molecule has 0 spiro atoms. The second-order valence-corrected chi connectivity index (χ2v) is 6.50. The first-order valence-corrected chi connectivity index (χ1v) is 8.46. The Morgan fingerprint density at radius 3 is 2.52 bits per heavy atom. The van der Waals surface area contributed by atoms with Gasteiger partial charge < -0.3 is 5.32 Å². The monoisotopic (exact) mass is 352 g/mol. The Morgan fingerprint density at radius 1 is 1.12 bits per heavy atom. The molecule has 0 aliphatic rings. The summed E-state index contributed by atoms with van der Waals surface area (Å²) < 4.78 is 13.1. The molecule has 0 atom stereocenters. The number of rotatable bonds is 3. The average molecular weight is 352 g/mol. The molecule has 2 aromatic heterocycles. The number of carbonyl (C=O) groups excluding carboxylic acids is 1. The summed E-state index contributed by atoms with van der Waals surface area (Å²) >= 11 is 1.39. The lowest BCUT2D eigenvalue weighted by molar-refractivity contribution is 0.103. The Morgan fingerprint density at radius 2 is 1.84 bits per heavy atom. The Labute approximate surface area is 146 Å². The molecule has 4 rings (SSSR count). The summed E-state index contributed by atoms with van der Waals surface area (Å²) in [5, 5.41) is 13.6. The third kappa shape index (κ3) is 3.01. The van der Waals surface area contributed by atoms with E-state index < -0.39 is 0 Å². The zero-order valence-electron chi connectivity index (χ0n) is 13.2. The van der Waals surface area contributed by atoms with Crippen LogP contribution in [0.15, 0.2) is 53.9 Å². The Bertz CT molecular complexity index is 1050. The molecule has 1 amide bonds. The predicted molar refractivity (Wildman–Crippen MR) is 95.8 cm³/mol. The van der Waals surface area contributed by atoms with Crippen LogP contribution in [-0.2, 0) is 0 Å². The van der Waals surface area contributed by atoms with E-state index in [4.69, 9.17) is 0 Å². The van der Waals surface area contributed by atoms with Crippen LogP contribution in [-0.4, -0.2) is 20.9 Å². The summed E-state index contributed by atoms with van der Waals surface area (Å²) in [4.78, 5) is 14.3. The molecule has 0 aliphatic carbocycles. The molecular formula is C18H13FN4OS. The number of aryl methyl sites for hydroxylation is 1. The molecule has 5 nitrogen and oxygen atoms in total. The van der Waals surface area contributed by atoms with Crippen LogP contribution >= 0.6 is 11.3 Å². The number of thiophene rings is 1. The van der Waals surface area contributed by atoms with Crippen LogP contribution in [0.3, 0.4) is 0 Å². The largest absolute Gasteiger partial charge is 0.321 e. The minimum absolute atomic E-state index is 0.150. The number of nitrogens with one attached hydrogen (secondary N) is 1. The van der Waals surface area contributed by atoms with Gasteiger partial charge in [0.25, 0.3) is 5.91 Å². The molecule has 0 saturated carbocycles. The van der Waals surface area contributed by atoms with Gasteiger partial charge in [-0.15, -0.1) is 21.5 Å². The van der Waals surface area contributed by atoms with Gasteiger partial charge >= 0.3 is 0 Å². The Kier molecular flexibility index (Phi) is 3.77. The zero-order valence-corrected chi connectivity index (χ0v) is 14.0. The summed E-state index contributed by atoms with van der Waals surface area (Å²) in [5.41, 5.74) is 3.60. The molecule has 25 heavy (non-hydrogen) atoms. The second kappa shape index (κ2) is 6.10. The lowest BCUT2D eigenvalue weighted by atomic mass is 10.1. The molecule has 7 heteroatoms. The highest BCUT2D eigenvalue weighted by Gasteiger charge is 2.12. The third-order valence-electron chi connectivity index (χ3n) is 3.78. The van der Waals surface area contributed by atoms with E-state index in [0.29, 0.717) is 27.3 Å². The van der Waals surface area contributed by atoms with E-state index in [2.05, 4.69) is 15.5 Å². The Hall–Kier alpha value is -3.06. The van der Waals surface area contributed by atoms with Crippen molar-refractivity contribution in [3.05, 3.63) is 70.2 Å². The molecule has 2 heterocycles. The first kappa shape index (κ1) is 15.5. The fourth-order valence-electron chi connectivity index (χ4n) is 2.48. The van der Waals surface area contributed by atoms with Gasteiger partial charge in [-0.05, 0) is 60.3 Å². The van der Waals surface area contributed by atoms with E-state index in [1.54, 1.807) is 24.3 Å². The van der Waals surface area contributed by atoms with Crippen LogP contribution in [0.1, 0.15) is 15.2 Å². The van der Waals surface area contributed by atoms with Crippen LogP contribution in [0.5, 0.6) is 0 Å². The first-order chi connectivity index (χ1) is 12.1. The number of benzene rings is 2. The number of hydrogen-bond acceptors (Lipinski definition) is 4. The molecule has 0 saturated heterocycles. The van der Waals surface area contributed by atoms with Crippen molar-refractivity contribution in [2.75, 3.05) is 5.32 Å². The number of halogens is 1. The molecule has 4 aromatic rings. The van der Waals surface area contributed by atoms with Gasteiger partial charge in [0, 0.05) is 5.69 Å². The lowest BCUT2D eigenvalue weighted by Gasteiger charge is -2.06. The van der Waals surface area contributed by atoms with Gasteiger partial charge in [0.05, 0.1) is 10.6 Å². The maximum atomic E-state index is 13.1. The molecule has 0 fully saturated rings. The molecule has 1 N–H and O–H groups in total. The van der Waals surface area contributed by atoms with Gasteiger partial charge in [0.15, 0.2) is 0 Å². The van der Waals surface area contributed by atoms with Crippen molar-refractivity contribution < 1.29 is 9.18 Å². The van der Waals surface area contributed by atoms with Crippen molar-refractivity contribution in [2.45, 2.75) is 6.92 Å². The molecule has 0 bridgehead atoms. The number of nitrogens with zero attached hydrogens (tertiary/aromatic N) is 3. The third-order valence-corrected chi connectivity index (χ3v) is 4.65. The first-order valence-electron chi connectivity index (χ1n) is 7.59. The van der Waals surface area contributed by atoms with Gasteiger partial charge in [-0.1, -0.05) is 6.07 Å². The zero-order chi connectivity index (χ0) is 17.4. The van der Waals surface area contributed by atoms with E-state index in [1.807, 2.05) is 24.4 Å². The van der Waals surface area contributed by atoms with E-state index >= 15 is 0 Å². The van der Waals surface area contributed by atoms with Crippen LogP contribution in [0, 0.1) is 12.7 Å². The van der Waals surface area contributed by atoms with E-state index in [0.717, 1.165) is 5.56 Å². The van der Waals surface area contributed by atoms with Crippen molar-refractivity contribution in [1.82, 2.24) is 15.0 Å². The fourth-order valence-corrected chi connectivity index (χ4v) is 3.10. The van der Waals surface area contributed by atoms with Gasteiger partial charge in [0.2, 0.25) is 0 Å². The lowest BCUT2D eigenvalue weighted by Crippen LogP contribution is -2.11. The normalized spacial score (nSPS) is 11.0. The summed E-state index contributed by atoms with van der Waals surface area (Å²) in [6, 6.07) is 13.2. The molecule has 124 valence electrons. The number of hydrogen-bond donors (Lipinski definition) is 1. The summed E-state index contributed by atoms with van der Waals surface area (Å²) in [6.45, 7) is 1.90. The highest BCUT2D eigenvalue weighted by Crippen LogP contribution is 2.23. The van der Waals surface area contributed by atoms with Crippen molar-refractivity contribution in [3.63, 3.8) is 0 Å². The number of amides is 1. The van der Waals surface area contributed by atoms with E-state index in [-0.39, 0.29) is 11.7 Å². The standard InChI is InChI=1S/C18H13FN4OS/c1-11-9-15-16(10-14(11)20-18(24)17-3-2-8-25-17)22-23(21-15)13-6-4-12(19)5-7-13/h2-10H,1H3,(H,20,24). The van der Waals surface area contributed by atoms with Gasteiger partial charge in [0.1, 0.15) is 16.9 Å². The van der Waals surface area contributed by atoms with E-state index in [1.165, 1.54) is 28.3 Å². The molecule has 2 aromatic carbocycles. The highest BCUT2D eigenvalue weighted by molar-refractivity contribution is 7.12.